The van der Waals surface area contributed by atoms with E-state index in [0.29, 0.717) is 0 Å². The van der Waals surface area contributed by atoms with E-state index in [4.69, 9.17) is 0 Å². The summed E-state index contributed by atoms with van der Waals surface area (Å²) in [5, 5.41) is 9.56. The highest BCUT2D eigenvalue weighted by Gasteiger charge is 2.28. The van der Waals surface area contributed by atoms with E-state index in [-0.39, 0.29) is 24.9 Å². The van der Waals surface area contributed by atoms with Crippen LogP contribution in [0.4, 0.5) is 0 Å². The SMILES string of the molecule is CC(=O)NC(=O)C(Cc1c[nH]c2ccccc12)NC(=O)CN1CCNCC1c1ccccc1. The van der Waals surface area contributed by atoms with E-state index in [1.165, 1.54) is 6.92 Å². The van der Waals surface area contributed by atoms with E-state index in [1.807, 2.05) is 48.7 Å². The number of nitrogens with one attached hydrogen (secondary N) is 4. The molecule has 8 heteroatoms. The van der Waals surface area contributed by atoms with E-state index in [1.54, 1.807) is 0 Å². The van der Waals surface area contributed by atoms with Crippen LogP contribution in [0.5, 0.6) is 0 Å². The number of carbonyl (C=O) groups is 3. The smallest absolute Gasteiger partial charge is 0.249 e. The molecule has 8 nitrogen and oxygen atoms in total. The van der Waals surface area contributed by atoms with Gasteiger partial charge in [0.1, 0.15) is 6.04 Å². The number of imide groups is 1. The maximum Gasteiger partial charge on any atom is 0.249 e. The standard InChI is InChI=1S/C25H29N5O3/c1-17(31)28-25(33)22(13-19-14-27-21-10-6-5-9-20(19)21)29-24(32)16-30-12-11-26-15-23(30)18-7-3-2-4-8-18/h2-10,14,22-23,26-27H,11-13,15-16H2,1H3,(H,29,32)(H,28,31,33). The molecular weight excluding hydrogens is 418 g/mol. The lowest BCUT2D eigenvalue weighted by Gasteiger charge is -2.36. The number of H-pyrrole nitrogens is 1. The third-order valence-corrected chi connectivity index (χ3v) is 5.94. The normalized spacial score (nSPS) is 17.4. The zero-order chi connectivity index (χ0) is 23.2. The summed E-state index contributed by atoms with van der Waals surface area (Å²) in [6.45, 7) is 3.72. The molecular formula is C25H29N5O3. The Morgan fingerprint density at radius 1 is 1.09 bits per heavy atom. The van der Waals surface area contributed by atoms with E-state index < -0.39 is 17.9 Å². The largest absolute Gasteiger partial charge is 0.361 e. The molecule has 2 atom stereocenters. The molecule has 3 aromatic rings. The first-order valence-corrected chi connectivity index (χ1v) is 11.2. The Labute approximate surface area is 192 Å². The van der Waals surface area contributed by atoms with Gasteiger partial charge in [0.15, 0.2) is 0 Å². The van der Waals surface area contributed by atoms with Crippen molar-refractivity contribution in [1.29, 1.82) is 0 Å². The van der Waals surface area contributed by atoms with Crippen LogP contribution >= 0.6 is 0 Å². The molecule has 2 aromatic carbocycles. The summed E-state index contributed by atoms with van der Waals surface area (Å²) >= 11 is 0. The van der Waals surface area contributed by atoms with E-state index in [9.17, 15) is 14.4 Å². The Hall–Kier alpha value is -3.49. The molecule has 0 radical (unpaired) electrons. The van der Waals surface area contributed by atoms with Crippen molar-refractivity contribution in [3.63, 3.8) is 0 Å². The fraction of sp³-hybridized carbons (Fsp3) is 0.320. The number of aromatic nitrogens is 1. The molecule has 2 unspecified atom stereocenters. The van der Waals surface area contributed by atoms with E-state index in [0.717, 1.165) is 41.7 Å². The molecule has 0 aliphatic carbocycles. The van der Waals surface area contributed by atoms with Crippen LogP contribution in [0.15, 0.2) is 60.8 Å². The molecule has 0 spiro atoms. The van der Waals surface area contributed by atoms with Crippen molar-refractivity contribution in [3.05, 3.63) is 71.9 Å². The van der Waals surface area contributed by atoms with Gasteiger partial charge in [-0.25, -0.2) is 0 Å². The van der Waals surface area contributed by atoms with Gasteiger partial charge in [-0.2, -0.15) is 0 Å². The van der Waals surface area contributed by atoms with Crippen LogP contribution in [0.25, 0.3) is 10.9 Å². The zero-order valence-electron chi connectivity index (χ0n) is 18.6. The van der Waals surface area contributed by atoms with Gasteiger partial charge in [-0.15, -0.1) is 0 Å². The second kappa shape index (κ2) is 10.4. The molecule has 1 aliphatic heterocycles. The number of hydrogen-bond acceptors (Lipinski definition) is 5. The summed E-state index contributed by atoms with van der Waals surface area (Å²) in [6.07, 6.45) is 2.12. The number of hydrogen-bond donors (Lipinski definition) is 4. The molecule has 1 aliphatic rings. The van der Waals surface area contributed by atoms with Gasteiger partial charge in [0.05, 0.1) is 6.54 Å². The number of para-hydroxylation sites is 1. The van der Waals surface area contributed by atoms with Gasteiger partial charge in [-0.05, 0) is 17.2 Å². The topological polar surface area (TPSA) is 106 Å². The van der Waals surface area contributed by atoms with Gasteiger partial charge in [0, 0.05) is 56.1 Å². The fourth-order valence-corrected chi connectivity index (χ4v) is 4.35. The summed E-state index contributed by atoms with van der Waals surface area (Å²) in [5.41, 5.74) is 3.00. The second-order valence-corrected chi connectivity index (χ2v) is 8.33. The Kier molecular flexibility index (Phi) is 7.16. The van der Waals surface area contributed by atoms with Crippen molar-refractivity contribution in [2.75, 3.05) is 26.2 Å². The third kappa shape index (κ3) is 5.66. The third-order valence-electron chi connectivity index (χ3n) is 5.94. The van der Waals surface area contributed by atoms with Gasteiger partial charge in [0.2, 0.25) is 17.7 Å². The van der Waals surface area contributed by atoms with Crippen molar-refractivity contribution < 1.29 is 14.4 Å². The van der Waals surface area contributed by atoms with Crippen LogP contribution in [0.3, 0.4) is 0 Å². The molecule has 33 heavy (non-hydrogen) atoms. The quantitative estimate of drug-likeness (QED) is 0.439. The molecule has 172 valence electrons. The summed E-state index contributed by atoms with van der Waals surface area (Å²) in [5.74, 6) is -1.22. The Balaban J connectivity index is 1.48. The second-order valence-electron chi connectivity index (χ2n) is 8.33. The molecule has 0 bridgehead atoms. The van der Waals surface area contributed by atoms with Crippen molar-refractivity contribution in [3.8, 4) is 0 Å². The van der Waals surface area contributed by atoms with Crippen molar-refractivity contribution in [2.24, 2.45) is 0 Å². The number of aromatic amines is 1. The average molecular weight is 448 g/mol. The highest BCUT2D eigenvalue weighted by atomic mass is 16.2. The maximum atomic E-state index is 13.0. The minimum Gasteiger partial charge on any atom is -0.361 e. The highest BCUT2D eigenvalue weighted by Crippen LogP contribution is 2.22. The number of benzene rings is 2. The minimum absolute atomic E-state index is 0.0730. The number of nitrogens with zero attached hydrogens (tertiary/aromatic N) is 1. The first-order valence-electron chi connectivity index (χ1n) is 11.2. The molecule has 0 saturated carbocycles. The highest BCUT2D eigenvalue weighted by molar-refractivity contribution is 5.99. The zero-order valence-corrected chi connectivity index (χ0v) is 18.6. The van der Waals surface area contributed by atoms with Crippen LogP contribution in [0, 0.1) is 0 Å². The van der Waals surface area contributed by atoms with Crippen molar-refractivity contribution in [2.45, 2.75) is 25.4 Å². The van der Waals surface area contributed by atoms with Crippen LogP contribution in [-0.4, -0.2) is 59.8 Å². The lowest BCUT2D eigenvalue weighted by Crippen LogP contribution is -2.54. The molecule has 3 amide bonds. The summed E-state index contributed by atoms with van der Waals surface area (Å²) < 4.78 is 0. The van der Waals surface area contributed by atoms with Gasteiger partial charge in [-0.3, -0.25) is 24.6 Å². The first kappa shape index (κ1) is 22.7. The Bertz CT molecular complexity index is 1130. The molecule has 1 saturated heterocycles. The van der Waals surface area contributed by atoms with Gasteiger partial charge in [0.25, 0.3) is 0 Å². The minimum atomic E-state index is -0.862. The molecule has 1 fully saturated rings. The lowest BCUT2D eigenvalue weighted by atomic mass is 10.0. The Morgan fingerprint density at radius 3 is 2.64 bits per heavy atom. The number of amides is 3. The molecule has 1 aromatic heterocycles. The monoisotopic (exact) mass is 447 g/mol. The summed E-state index contributed by atoms with van der Waals surface area (Å²) in [6, 6.07) is 17.1. The van der Waals surface area contributed by atoms with Crippen LogP contribution in [-0.2, 0) is 20.8 Å². The van der Waals surface area contributed by atoms with Gasteiger partial charge >= 0.3 is 0 Å². The number of fused-ring (bicyclic) bond motifs is 1. The number of piperazine rings is 1. The van der Waals surface area contributed by atoms with Gasteiger partial charge < -0.3 is 15.6 Å². The van der Waals surface area contributed by atoms with Gasteiger partial charge in [-0.1, -0.05) is 48.5 Å². The fourth-order valence-electron chi connectivity index (χ4n) is 4.35. The van der Waals surface area contributed by atoms with Crippen LogP contribution in [0.2, 0.25) is 0 Å². The Morgan fingerprint density at radius 2 is 1.85 bits per heavy atom. The van der Waals surface area contributed by atoms with Crippen LogP contribution < -0.4 is 16.0 Å². The van der Waals surface area contributed by atoms with Crippen molar-refractivity contribution >= 4 is 28.6 Å². The average Bonchev–Trinajstić information content (AvgIpc) is 3.22. The molecule has 4 N–H and O–H groups in total. The predicted octanol–water partition coefficient (Wildman–Crippen LogP) is 1.50. The summed E-state index contributed by atoms with van der Waals surface area (Å²) in [4.78, 5) is 42.6. The first-order chi connectivity index (χ1) is 16.0. The lowest BCUT2D eigenvalue weighted by molar-refractivity contribution is -0.134. The molecule has 2 heterocycles. The summed E-state index contributed by atoms with van der Waals surface area (Å²) in [7, 11) is 0. The molecule has 4 rings (SSSR count). The van der Waals surface area contributed by atoms with E-state index >= 15 is 0 Å². The predicted molar refractivity (Wildman–Crippen MR) is 126 cm³/mol. The van der Waals surface area contributed by atoms with Crippen LogP contribution in [0.1, 0.15) is 24.1 Å². The van der Waals surface area contributed by atoms with Crippen molar-refractivity contribution in [1.82, 2.24) is 25.8 Å². The number of rotatable bonds is 7. The van der Waals surface area contributed by atoms with E-state index in [2.05, 4.69) is 38.0 Å². The number of carbonyl (C=O) groups excluding carboxylic acids is 3. The maximum absolute atomic E-state index is 13.0.